The fourth-order valence-corrected chi connectivity index (χ4v) is 3.03. The number of hydrogen-bond acceptors (Lipinski definition) is 2. The standard InChI is InChI=1S/C22H24O2/c1-4-21(23)20-14-17(12-13-22(20)24-15(2)3)19-11-7-9-16-8-5-6-10-18(16)19/h5-15,21,23H,4H2,1-3H3/t21-/m0/s1. The van der Waals surface area contributed by atoms with E-state index in [4.69, 9.17) is 4.74 Å². The van der Waals surface area contributed by atoms with Gasteiger partial charge in [-0.1, -0.05) is 55.5 Å². The summed E-state index contributed by atoms with van der Waals surface area (Å²) in [7, 11) is 0. The molecule has 0 aliphatic carbocycles. The molecule has 0 unspecified atom stereocenters. The lowest BCUT2D eigenvalue weighted by Crippen LogP contribution is -2.09. The van der Waals surface area contributed by atoms with Gasteiger partial charge in [-0.05, 0) is 54.3 Å². The van der Waals surface area contributed by atoms with Crippen LogP contribution in [0.1, 0.15) is 38.9 Å². The van der Waals surface area contributed by atoms with Crippen LogP contribution >= 0.6 is 0 Å². The Bertz CT molecular complexity index is 831. The van der Waals surface area contributed by atoms with E-state index in [9.17, 15) is 5.11 Å². The summed E-state index contributed by atoms with van der Waals surface area (Å²) < 4.78 is 5.89. The first-order valence-electron chi connectivity index (χ1n) is 8.57. The highest BCUT2D eigenvalue weighted by atomic mass is 16.5. The van der Waals surface area contributed by atoms with Crippen molar-refractivity contribution in [2.75, 3.05) is 0 Å². The fourth-order valence-electron chi connectivity index (χ4n) is 3.03. The Morgan fingerprint density at radius 2 is 1.71 bits per heavy atom. The molecule has 1 N–H and O–H groups in total. The molecule has 3 aromatic rings. The van der Waals surface area contributed by atoms with Crippen LogP contribution in [-0.4, -0.2) is 11.2 Å². The highest BCUT2D eigenvalue weighted by molar-refractivity contribution is 5.96. The first kappa shape index (κ1) is 16.5. The molecule has 1 atom stereocenters. The minimum absolute atomic E-state index is 0.0798. The molecule has 0 spiro atoms. The molecule has 0 radical (unpaired) electrons. The van der Waals surface area contributed by atoms with Gasteiger partial charge in [0.1, 0.15) is 5.75 Å². The Morgan fingerprint density at radius 1 is 0.958 bits per heavy atom. The van der Waals surface area contributed by atoms with E-state index < -0.39 is 6.10 Å². The van der Waals surface area contributed by atoms with E-state index in [-0.39, 0.29) is 6.10 Å². The van der Waals surface area contributed by atoms with Crippen LogP contribution in [0.3, 0.4) is 0 Å². The van der Waals surface area contributed by atoms with Crippen molar-refractivity contribution in [1.29, 1.82) is 0 Å². The minimum atomic E-state index is -0.520. The normalized spacial score (nSPS) is 12.5. The third-order valence-corrected chi connectivity index (χ3v) is 4.22. The summed E-state index contributed by atoms with van der Waals surface area (Å²) in [5.74, 6) is 0.767. The van der Waals surface area contributed by atoms with Crippen LogP contribution in [-0.2, 0) is 0 Å². The molecule has 0 fully saturated rings. The highest BCUT2D eigenvalue weighted by Crippen LogP contribution is 2.35. The van der Waals surface area contributed by atoms with Gasteiger partial charge < -0.3 is 9.84 Å². The van der Waals surface area contributed by atoms with Crippen molar-refractivity contribution in [1.82, 2.24) is 0 Å². The maximum atomic E-state index is 10.4. The summed E-state index contributed by atoms with van der Waals surface area (Å²) in [5, 5.41) is 12.9. The van der Waals surface area contributed by atoms with E-state index in [1.54, 1.807) is 0 Å². The van der Waals surface area contributed by atoms with Gasteiger partial charge in [0.25, 0.3) is 0 Å². The molecule has 0 saturated carbocycles. The lowest BCUT2D eigenvalue weighted by molar-refractivity contribution is 0.162. The van der Waals surface area contributed by atoms with E-state index in [0.717, 1.165) is 16.9 Å². The topological polar surface area (TPSA) is 29.5 Å². The maximum absolute atomic E-state index is 10.4. The summed E-state index contributed by atoms with van der Waals surface area (Å²) in [6.07, 6.45) is 0.220. The summed E-state index contributed by atoms with van der Waals surface area (Å²) >= 11 is 0. The zero-order valence-electron chi connectivity index (χ0n) is 14.5. The SMILES string of the molecule is CC[C@H](O)c1cc(-c2cccc3ccccc23)ccc1OC(C)C. The van der Waals surface area contributed by atoms with Crippen molar-refractivity contribution < 1.29 is 9.84 Å². The lowest BCUT2D eigenvalue weighted by atomic mass is 9.95. The highest BCUT2D eigenvalue weighted by Gasteiger charge is 2.15. The van der Waals surface area contributed by atoms with Crippen molar-refractivity contribution in [3.8, 4) is 16.9 Å². The third-order valence-electron chi connectivity index (χ3n) is 4.22. The Hall–Kier alpha value is -2.32. The molecule has 2 nitrogen and oxygen atoms in total. The van der Waals surface area contributed by atoms with Gasteiger partial charge in [0.2, 0.25) is 0 Å². The van der Waals surface area contributed by atoms with Gasteiger partial charge in [-0.2, -0.15) is 0 Å². The van der Waals surface area contributed by atoms with Crippen LogP contribution in [0.4, 0.5) is 0 Å². The predicted molar refractivity (Wildman–Crippen MR) is 100 cm³/mol. The number of hydrogen-bond donors (Lipinski definition) is 1. The minimum Gasteiger partial charge on any atom is -0.491 e. The van der Waals surface area contributed by atoms with Crippen molar-refractivity contribution in [2.45, 2.75) is 39.4 Å². The van der Waals surface area contributed by atoms with Gasteiger partial charge in [-0.15, -0.1) is 0 Å². The van der Waals surface area contributed by atoms with Crippen molar-refractivity contribution in [2.24, 2.45) is 0 Å². The molecule has 3 rings (SSSR count). The summed E-state index contributed by atoms with van der Waals surface area (Å²) in [4.78, 5) is 0. The molecular weight excluding hydrogens is 296 g/mol. The lowest BCUT2D eigenvalue weighted by Gasteiger charge is -2.19. The molecule has 0 bridgehead atoms. The van der Waals surface area contributed by atoms with Crippen molar-refractivity contribution in [3.63, 3.8) is 0 Å². The molecular formula is C22H24O2. The third kappa shape index (κ3) is 3.29. The second kappa shape index (κ2) is 7.06. The molecule has 0 heterocycles. The number of fused-ring (bicyclic) bond motifs is 1. The van der Waals surface area contributed by atoms with Crippen molar-refractivity contribution in [3.05, 3.63) is 66.2 Å². The van der Waals surface area contributed by atoms with E-state index in [1.165, 1.54) is 16.3 Å². The van der Waals surface area contributed by atoms with Crippen LogP contribution in [0, 0.1) is 0 Å². The largest absolute Gasteiger partial charge is 0.491 e. The quantitative estimate of drug-likeness (QED) is 0.650. The number of benzene rings is 3. The van der Waals surface area contributed by atoms with Gasteiger partial charge in [0.15, 0.2) is 0 Å². The average molecular weight is 320 g/mol. The number of aliphatic hydroxyl groups is 1. The number of ether oxygens (including phenoxy) is 1. The van der Waals surface area contributed by atoms with Crippen molar-refractivity contribution >= 4 is 10.8 Å². The molecule has 0 aromatic heterocycles. The van der Waals surface area contributed by atoms with Crippen LogP contribution < -0.4 is 4.74 Å². The summed E-state index contributed by atoms with van der Waals surface area (Å²) in [6, 6.07) is 20.8. The van der Waals surface area contributed by atoms with Gasteiger partial charge in [0.05, 0.1) is 12.2 Å². The molecule has 0 amide bonds. The first-order chi connectivity index (χ1) is 11.6. The van der Waals surface area contributed by atoms with Gasteiger partial charge in [-0.25, -0.2) is 0 Å². The average Bonchev–Trinajstić information content (AvgIpc) is 2.60. The molecule has 3 aromatic carbocycles. The molecule has 0 aliphatic rings. The Balaban J connectivity index is 2.14. The second-order valence-electron chi connectivity index (χ2n) is 6.37. The molecule has 124 valence electrons. The number of rotatable bonds is 5. The first-order valence-corrected chi connectivity index (χ1v) is 8.57. The van der Waals surface area contributed by atoms with Crippen LogP contribution in [0.5, 0.6) is 5.75 Å². The van der Waals surface area contributed by atoms with Crippen LogP contribution in [0.25, 0.3) is 21.9 Å². The number of aliphatic hydroxyl groups excluding tert-OH is 1. The molecule has 0 aliphatic heterocycles. The van der Waals surface area contributed by atoms with E-state index >= 15 is 0 Å². The van der Waals surface area contributed by atoms with E-state index in [0.29, 0.717) is 6.42 Å². The zero-order chi connectivity index (χ0) is 17.1. The van der Waals surface area contributed by atoms with Crippen LogP contribution in [0.2, 0.25) is 0 Å². The van der Waals surface area contributed by atoms with Gasteiger partial charge in [-0.3, -0.25) is 0 Å². The van der Waals surface area contributed by atoms with E-state index in [1.807, 2.05) is 26.8 Å². The predicted octanol–water partition coefficient (Wildman–Crippen LogP) is 5.74. The van der Waals surface area contributed by atoms with Gasteiger partial charge >= 0.3 is 0 Å². The maximum Gasteiger partial charge on any atom is 0.125 e. The summed E-state index contributed by atoms with van der Waals surface area (Å²) in [6.45, 7) is 5.98. The van der Waals surface area contributed by atoms with Crippen LogP contribution in [0.15, 0.2) is 60.7 Å². The smallest absolute Gasteiger partial charge is 0.125 e. The van der Waals surface area contributed by atoms with Gasteiger partial charge in [0, 0.05) is 5.56 Å². The molecule has 24 heavy (non-hydrogen) atoms. The zero-order valence-corrected chi connectivity index (χ0v) is 14.5. The summed E-state index contributed by atoms with van der Waals surface area (Å²) in [5.41, 5.74) is 3.13. The Morgan fingerprint density at radius 3 is 2.46 bits per heavy atom. The monoisotopic (exact) mass is 320 g/mol. The molecule has 2 heteroatoms. The molecule has 0 saturated heterocycles. The fraction of sp³-hybridized carbons (Fsp3) is 0.273. The second-order valence-corrected chi connectivity index (χ2v) is 6.37. The Labute approximate surface area is 143 Å². The van der Waals surface area contributed by atoms with E-state index in [2.05, 4.69) is 54.6 Å². The Kier molecular flexibility index (Phi) is 4.86.